The molecule has 0 amide bonds. The fourth-order valence-corrected chi connectivity index (χ4v) is 2.22. The second kappa shape index (κ2) is 7.62. The van der Waals surface area contributed by atoms with Gasteiger partial charge in [0.25, 0.3) is 0 Å². The average molecular weight is 289 g/mol. The molecular formula is C14H23N7. The first-order valence-electron chi connectivity index (χ1n) is 7.57. The Labute approximate surface area is 126 Å². The number of hydrogen-bond acceptors (Lipinski definition) is 7. The summed E-state index contributed by atoms with van der Waals surface area (Å²) in [5, 5.41) is 11.9. The zero-order valence-electron chi connectivity index (χ0n) is 12.8. The van der Waals surface area contributed by atoms with Gasteiger partial charge in [-0.05, 0) is 19.3 Å². The monoisotopic (exact) mass is 289 g/mol. The largest absolute Gasteiger partial charge is 0.354 e. The standard InChI is InChI=1S/C14H23N7/c1-3-8-16-12-17-13(20(2)9-6-7-15)19-14(18-12)21-10-4-5-11-21/h3-6,8-11H2,1-2H3,(H,16,17,18,19). The van der Waals surface area contributed by atoms with Crippen LogP contribution in [0.3, 0.4) is 0 Å². The quantitative estimate of drug-likeness (QED) is 0.817. The molecule has 21 heavy (non-hydrogen) atoms. The van der Waals surface area contributed by atoms with Gasteiger partial charge in [-0.2, -0.15) is 20.2 Å². The van der Waals surface area contributed by atoms with Crippen molar-refractivity contribution in [1.82, 2.24) is 15.0 Å². The molecule has 2 rings (SSSR count). The lowest BCUT2D eigenvalue weighted by atomic mass is 10.4. The highest BCUT2D eigenvalue weighted by Gasteiger charge is 2.18. The van der Waals surface area contributed by atoms with Gasteiger partial charge in [0.1, 0.15) is 0 Å². The van der Waals surface area contributed by atoms with Gasteiger partial charge in [0.05, 0.1) is 12.5 Å². The number of nitriles is 1. The molecule has 1 aliphatic heterocycles. The number of hydrogen-bond donors (Lipinski definition) is 1. The Morgan fingerprint density at radius 1 is 1.29 bits per heavy atom. The van der Waals surface area contributed by atoms with Crippen LogP contribution in [0.1, 0.15) is 32.6 Å². The van der Waals surface area contributed by atoms with E-state index in [0.29, 0.717) is 24.9 Å². The van der Waals surface area contributed by atoms with Crippen molar-refractivity contribution < 1.29 is 0 Å². The van der Waals surface area contributed by atoms with E-state index in [2.05, 4.69) is 38.2 Å². The fraction of sp³-hybridized carbons (Fsp3) is 0.714. The summed E-state index contributed by atoms with van der Waals surface area (Å²) >= 11 is 0. The van der Waals surface area contributed by atoms with E-state index in [1.807, 2.05) is 11.9 Å². The maximum absolute atomic E-state index is 8.71. The Morgan fingerprint density at radius 2 is 2.05 bits per heavy atom. The Kier molecular flexibility index (Phi) is 5.55. The molecule has 0 unspecified atom stereocenters. The highest BCUT2D eigenvalue weighted by atomic mass is 15.4. The van der Waals surface area contributed by atoms with E-state index in [4.69, 9.17) is 5.26 Å². The number of rotatable bonds is 7. The highest BCUT2D eigenvalue weighted by Crippen LogP contribution is 2.20. The summed E-state index contributed by atoms with van der Waals surface area (Å²) in [5.74, 6) is 1.98. The third kappa shape index (κ3) is 4.18. The Balaban J connectivity index is 2.21. The van der Waals surface area contributed by atoms with Crippen molar-refractivity contribution in [2.75, 3.05) is 48.3 Å². The molecule has 0 bridgehead atoms. The summed E-state index contributed by atoms with van der Waals surface area (Å²) in [6, 6.07) is 2.15. The molecule has 0 aliphatic carbocycles. The minimum atomic E-state index is 0.457. The van der Waals surface area contributed by atoms with Gasteiger partial charge < -0.3 is 15.1 Å². The minimum Gasteiger partial charge on any atom is -0.354 e. The summed E-state index contributed by atoms with van der Waals surface area (Å²) < 4.78 is 0. The number of nitrogens with zero attached hydrogens (tertiary/aromatic N) is 6. The topological polar surface area (TPSA) is 81.0 Å². The minimum absolute atomic E-state index is 0.457. The predicted octanol–water partition coefficient (Wildman–Crippen LogP) is 1.64. The summed E-state index contributed by atoms with van der Waals surface area (Å²) in [6.07, 6.45) is 3.84. The van der Waals surface area contributed by atoms with Gasteiger partial charge >= 0.3 is 0 Å². The van der Waals surface area contributed by atoms with Gasteiger partial charge in [-0.25, -0.2) is 0 Å². The third-order valence-corrected chi connectivity index (χ3v) is 3.43. The van der Waals surface area contributed by atoms with E-state index in [-0.39, 0.29) is 0 Å². The Morgan fingerprint density at radius 3 is 2.71 bits per heavy atom. The maximum Gasteiger partial charge on any atom is 0.231 e. The number of nitrogens with one attached hydrogen (secondary N) is 1. The molecule has 1 fully saturated rings. The van der Waals surface area contributed by atoms with Gasteiger partial charge in [0.2, 0.25) is 17.8 Å². The summed E-state index contributed by atoms with van der Waals surface area (Å²) in [4.78, 5) is 17.6. The zero-order chi connectivity index (χ0) is 15.1. The summed E-state index contributed by atoms with van der Waals surface area (Å²) in [7, 11) is 1.91. The van der Waals surface area contributed by atoms with Crippen molar-refractivity contribution in [3.8, 4) is 6.07 Å². The molecule has 1 N–H and O–H groups in total. The first kappa shape index (κ1) is 15.3. The lowest BCUT2D eigenvalue weighted by molar-refractivity contribution is 0.818. The molecule has 0 aromatic carbocycles. The van der Waals surface area contributed by atoms with Crippen LogP contribution in [0.25, 0.3) is 0 Å². The van der Waals surface area contributed by atoms with Gasteiger partial charge in [-0.15, -0.1) is 0 Å². The van der Waals surface area contributed by atoms with Crippen molar-refractivity contribution in [3.63, 3.8) is 0 Å². The van der Waals surface area contributed by atoms with Crippen LogP contribution in [0.4, 0.5) is 17.8 Å². The second-order valence-electron chi connectivity index (χ2n) is 5.21. The van der Waals surface area contributed by atoms with Crippen LogP contribution in [0.5, 0.6) is 0 Å². The van der Waals surface area contributed by atoms with E-state index in [1.54, 1.807) is 0 Å². The van der Waals surface area contributed by atoms with Crippen LogP contribution < -0.4 is 15.1 Å². The number of aromatic nitrogens is 3. The Hall–Kier alpha value is -2.10. The van der Waals surface area contributed by atoms with E-state index in [9.17, 15) is 0 Å². The van der Waals surface area contributed by atoms with Crippen LogP contribution in [-0.4, -0.2) is 48.2 Å². The molecule has 2 heterocycles. The van der Waals surface area contributed by atoms with Crippen LogP contribution in [0.15, 0.2) is 0 Å². The van der Waals surface area contributed by atoms with Crippen molar-refractivity contribution in [1.29, 1.82) is 5.26 Å². The molecule has 1 aromatic rings. The molecule has 1 aromatic heterocycles. The smallest absolute Gasteiger partial charge is 0.231 e. The molecule has 1 aliphatic rings. The van der Waals surface area contributed by atoms with Crippen LogP contribution in [0.2, 0.25) is 0 Å². The van der Waals surface area contributed by atoms with Gasteiger partial charge in [0, 0.05) is 33.2 Å². The fourth-order valence-electron chi connectivity index (χ4n) is 2.22. The predicted molar refractivity (Wildman–Crippen MR) is 83.6 cm³/mol. The van der Waals surface area contributed by atoms with Gasteiger partial charge in [0.15, 0.2) is 0 Å². The molecule has 1 saturated heterocycles. The van der Waals surface area contributed by atoms with Gasteiger partial charge in [-0.3, -0.25) is 0 Å². The molecule has 7 nitrogen and oxygen atoms in total. The first-order valence-corrected chi connectivity index (χ1v) is 7.57. The molecule has 0 radical (unpaired) electrons. The van der Waals surface area contributed by atoms with E-state index in [1.165, 1.54) is 12.8 Å². The maximum atomic E-state index is 8.71. The van der Waals surface area contributed by atoms with Crippen LogP contribution >= 0.6 is 0 Å². The van der Waals surface area contributed by atoms with Crippen molar-refractivity contribution >= 4 is 17.8 Å². The van der Waals surface area contributed by atoms with Crippen molar-refractivity contribution in [2.45, 2.75) is 32.6 Å². The Bertz CT molecular complexity index is 491. The van der Waals surface area contributed by atoms with Gasteiger partial charge in [-0.1, -0.05) is 6.92 Å². The number of anilines is 3. The van der Waals surface area contributed by atoms with E-state index < -0.39 is 0 Å². The zero-order valence-corrected chi connectivity index (χ0v) is 12.8. The van der Waals surface area contributed by atoms with Crippen molar-refractivity contribution in [2.24, 2.45) is 0 Å². The normalized spacial score (nSPS) is 14.0. The molecule has 0 saturated carbocycles. The lowest BCUT2D eigenvalue weighted by Crippen LogP contribution is -2.26. The molecular weight excluding hydrogens is 266 g/mol. The second-order valence-corrected chi connectivity index (χ2v) is 5.21. The molecule has 0 atom stereocenters. The SMILES string of the molecule is CCCNc1nc(N(C)CCC#N)nc(N2CCCC2)n1. The summed E-state index contributed by atoms with van der Waals surface area (Å²) in [6.45, 7) is 5.56. The molecule has 0 spiro atoms. The summed E-state index contributed by atoms with van der Waals surface area (Å²) in [5.41, 5.74) is 0. The molecule has 7 heteroatoms. The van der Waals surface area contributed by atoms with E-state index >= 15 is 0 Å². The van der Waals surface area contributed by atoms with E-state index in [0.717, 1.165) is 32.0 Å². The first-order chi connectivity index (χ1) is 10.2. The highest BCUT2D eigenvalue weighted by molar-refractivity contribution is 5.45. The average Bonchev–Trinajstić information content (AvgIpc) is 3.04. The third-order valence-electron chi connectivity index (χ3n) is 3.43. The van der Waals surface area contributed by atoms with Crippen molar-refractivity contribution in [3.05, 3.63) is 0 Å². The van der Waals surface area contributed by atoms with Crippen LogP contribution in [-0.2, 0) is 0 Å². The lowest BCUT2D eigenvalue weighted by Gasteiger charge is -2.20. The molecule has 114 valence electrons. The van der Waals surface area contributed by atoms with Crippen LogP contribution in [0, 0.1) is 11.3 Å².